The number of likely N-dealkylation sites (tertiary alicyclic amines) is 1. The normalized spacial score (nSPS) is 13.5. The molecule has 0 radical (unpaired) electrons. The maximum absolute atomic E-state index is 11.4. The summed E-state index contributed by atoms with van der Waals surface area (Å²) in [5, 5.41) is 0. The molecule has 1 aliphatic heterocycles. The van der Waals surface area contributed by atoms with Crippen LogP contribution in [0.4, 0.5) is 0 Å². The van der Waals surface area contributed by atoms with Crippen molar-refractivity contribution in [2.75, 3.05) is 20.2 Å². The maximum atomic E-state index is 11.4. The summed E-state index contributed by atoms with van der Waals surface area (Å²) in [4.78, 5) is 27.5. The molecule has 0 unspecified atom stereocenters. The van der Waals surface area contributed by atoms with Gasteiger partial charge < -0.3 is 9.64 Å². The van der Waals surface area contributed by atoms with Gasteiger partial charge in [0.1, 0.15) is 0 Å². The van der Waals surface area contributed by atoms with Gasteiger partial charge in [-0.2, -0.15) is 0 Å². The molecule has 5 heteroatoms. The molecule has 2 heterocycles. The lowest BCUT2D eigenvalue weighted by atomic mass is 10.2. The molecule has 1 amide bonds. The van der Waals surface area contributed by atoms with Crippen LogP contribution in [0.2, 0.25) is 0 Å². The Bertz CT molecular complexity index is 448. The summed E-state index contributed by atoms with van der Waals surface area (Å²) in [5.41, 5.74) is 0.521. The van der Waals surface area contributed by atoms with Gasteiger partial charge in [0.15, 0.2) is 0 Å². The number of aromatic nitrogens is 1. The molecule has 5 nitrogen and oxygen atoms in total. The van der Waals surface area contributed by atoms with Gasteiger partial charge in [0, 0.05) is 32.4 Å². The van der Waals surface area contributed by atoms with E-state index in [4.69, 9.17) is 4.74 Å². The molecule has 1 aliphatic rings. The Balaban J connectivity index is 0.000000287. The molecule has 1 fully saturated rings. The number of nitrogens with zero attached hydrogens (tertiary/aromatic N) is 2. The minimum absolute atomic E-state index is 0.278. The first kappa shape index (κ1) is 18.1. The van der Waals surface area contributed by atoms with Gasteiger partial charge in [0.2, 0.25) is 5.91 Å². The van der Waals surface area contributed by atoms with Crippen LogP contribution in [0.5, 0.6) is 0 Å². The van der Waals surface area contributed by atoms with Crippen molar-refractivity contribution in [2.24, 2.45) is 0 Å². The number of unbranched alkanes of at least 4 members (excludes halogenated alkanes) is 3. The van der Waals surface area contributed by atoms with Crippen molar-refractivity contribution < 1.29 is 14.3 Å². The molecular weight excluding hydrogens is 280 g/mol. The Labute approximate surface area is 132 Å². The Hall–Kier alpha value is -1.91. The zero-order valence-corrected chi connectivity index (χ0v) is 13.6. The van der Waals surface area contributed by atoms with Crippen molar-refractivity contribution in [2.45, 2.75) is 45.4 Å². The van der Waals surface area contributed by atoms with Gasteiger partial charge in [-0.25, -0.2) is 4.79 Å². The third-order valence-electron chi connectivity index (χ3n) is 3.44. The van der Waals surface area contributed by atoms with E-state index in [1.54, 1.807) is 23.2 Å². The van der Waals surface area contributed by atoms with E-state index in [2.05, 4.69) is 11.9 Å². The predicted octanol–water partition coefficient (Wildman–Crippen LogP) is 3.06. The van der Waals surface area contributed by atoms with Crippen LogP contribution < -0.4 is 0 Å². The van der Waals surface area contributed by atoms with Crippen molar-refractivity contribution in [1.29, 1.82) is 0 Å². The van der Waals surface area contributed by atoms with E-state index in [0.717, 1.165) is 32.2 Å². The molecule has 22 heavy (non-hydrogen) atoms. The van der Waals surface area contributed by atoms with E-state index in [9.17, 15) is 9.59 Å². The average Bonchev–Trinajstić information content (AvgIpc) is 2.92. The highest BCUT2D eigenvalue weighted by Gasteiger charge is 2.14. The van der Waals surface area contributed by atoms with Crippen LogP contribution in [0, 0.1) is 0 Å². The lowest BCUT2D eigenvalue weighted by Gasteiger charge is -2.03. The number of pyridine rings is 1. The second-order valence-corrected chi connectivity index (χ2v) is 5.36. The summed E-state index contributed by atoms with van der Waals surface area (Å²) in [6.07, 6.45) is 9.43. The van der Waals surface area contributed by atoms with Gasteiger partial charge in [-0.05, 0) is 25.0 Å². The van der Waals surface area contributed by atoms with E-state index in [-0.39, 0.29) is 5.97 Å². The number of rotatable bonds is 6. The molecule has 0 bridgehead atoms. The molecule has 0 saturated carbocycles. The van der Waals surface area contributed by atoms with E-state index in [1.165, 1.54) is 19.0 Å². The predicted molar refractivity (Wildman–Crippen MR) is 85.5 cm³/mol. The molecule has 1 aromatic rings. The fraction of sp³-hybridized carbons (Fsp3) is 0.588. The molecule has 1 saturated heterocycles. The van der Waals surface area contributed by atoms with E-state index < -0.39 is 0 Å². The molecule has 2 rings (SSSR count). The number of carbonyl (C=O) groups is 2. The maximum Gasteiger partial charge on any atom is 0.339 e. The van der Waals surface area contributed by atoms with E-state index in [0.29, 0.717) is 18.1 Å². The number of amides is 1. The zero-order chi connectivity index (χ0) is 16.2. The highest BCUT2D eigenvalue weighted by Crippen LogP contribution is 2.05. The van der Waals surface area contributed by atoms with Crippen molar-refractivity contribution >= 4 is 11.9 Å². The summed E-state index contributed by atoms with van der Waals surface area (Å²) in [5.74, 6) is 0.0135. The molecule has 122 valence electrons. The van der Waals surface area contributed by atoms with Crippen molar-refractivity contribution in [3.8, 4) is 0 Å². The number of hydrogen-bond donors (Lipinski definition) is 0. The van der Waals surface area contributed by atoms with Crippen LogP contribution in [0.3, 0.4) is 0 Å². The van der Waals surface area contributed by atoms with Crippen molar-refractivity contribution in [3.05, 3.63) is 30.1 Å². The van der Waals surface area contributed by atoms with Gasteiger partial charge >= 0.3 is 5.97 Å². The van der Waals surface area contributed by atoms with Crippen molar-refractivity contribution in [3.63, 3.8) is 0 Å². The molecule has 0 aromatic carbocycles. The largest absolute Gasteiger partial charge is 0.462 e. The zero-order valence-electron chi connectivity index (χ0n) is 13.6. The highest BCUT2D eigenvalue weighted by atomic mass is 16.5. The summed E-state index contributed by atoms with van der Waals surface area (Å²) in [7, 11) is 1.84. The first-order valence-corrected chi connectivity index (χ1v) is 7.96. The second-order valence-electron chi connectivity index (χ2n) is 5.36. The SMILES string of the molecule is CCCCCCOC(=O)c1cccnc1.CN1CCCC1=O. The smallest absolute Gasteiger partial charge is 0.339 e. The third kappa shape index (κ3) is 7.20. The summed E-state index contributed by atoms with van der Waals surface area (Å²) in [6.45, 7) is 3.62. The number of ether oxygens (including phenoxy) is 1. The van der Waals surface area contributed by atoms with Gasteiger partial charge in [-0.15, -0.1) is 0 Å². The topological polar surface area (TPSA) is 59.5 Å². The van der Waals surface area contributed by atoms with Crippen molar-refractivity contribution in [1.82, 2.24) is 9.88 Å². The number of carbonyl (C=O) groups excluding carboxylic acids is 2. The van der Waals surface area contributed by atoms with Crippen LogP contribution in [0.15, 0.2) is 24.5 Å². The minimum atomic E-state index is -0.278. The fourth-order valence-corrected chi connectivity index (χ4v) is 2.04. The standard InChI is InChI=1S/C12H17NO2.C5H9NO/c1-2-3-4-5-9-15-12(14)11-7-6-8-13-10-11;1-6-4-2-3-5(6)7/h6-8,10H,2-5,9H2,1H3;2-4H2,1H3. The summed E-state index contributed by atoms with van der Waals surface area (Å²) < 4.78 is 5.10. The van der Waals surface area contributed by atoms with Gasteiger partial charge in [-0.1, -0.05) is 26.2 Å². The van der Waals surface area contributed by atoms with Gasteiger partial charge in [0.25, 0.3) is 0 Å². The van der Waals surface area contributed by atoms with E-state index >= 15 is 0 Å². The van der Waals surface area contributed by atoms with Gasteiger partial charge in [0.05, 0.1) is 12.2 Å². The first-order valence-electron chi connectivity index (χ1n) is 7.96. The Morgan fingerprint density at radius 3 is 2.68 bits per heavy atom. The molecule has 1 aromatic heterocycles. The molecule has 0 aliphatic carbocycles. The molecular formula is C17H26N2O3. The van der Waals surface area contributed by atoms with Crippen LogP contribution in [-0.2, 0) is 9.53 Å². The van der Waals surface area contributed by atoms with Crippen LogP contribution in [0.25, 0.3) is 0 Å². The molecule has 0 spiro atoms. The fourth-order valence-electron chi connectivity index (χ4n) is 2.04. The average molecular weight is 306 g/mol. The van der Waals surface area contributed by atoms with Crippen LogP contribution in [-0.4, -0.2) is 42.0 Å². The lowest BCUT2D eigenvalue weighted by Crippen LogP contribution is -2.17. The van der Waals surface area contributed by atoms with Crippen LogP contribution >= 0.6 is 0 Å². The highest BCUT2D eigenvalue weighted by molar-refractivity contribution is 5.88. The van der Waals surface area contributed by atoms with E-state index in [1.807, 2.05) is 7.05 Å². The number of esters is 1. The molecule has 0 N–H and O–H groups in total. The Morgan fingerprint density at radius 1 is 1.36 bits per heavy atom. The lowest BCUT2D eigenvalue weighted by molar-refractivity contribution is -0.126. The summed E-state index contributed by atoms with van der Waals surface area (Å²) in [6, 6.07) is 3.44. The summed E-state index contributed by atoms with van der Waals surface area (Å²) >= 11 is 0. The monoisotopic (exact) mass is 306 g/mol. The van der Waals surface area contributed by atoms with Crippen LogP contribution in [0.1, 0.15) is 55.8 Å². The van der Waals surface area contributed by atoms with Gasteiger partial charge in [-0.3, -0.25) is 9.78 Å². The Morgan fingerprint density at radius 2 is 2.18 bits per heavy atom. The first-order chi connectivity index (χ1) is 10.6. The quantitative estimate of drug-likeness (QED) is 0.598. The Kier molecular flexibility index (Phi) is 8.88. The number of hydrogen-bond acceptors (Lipinski definition) is 4. The minimum Gasteiger partial charge on any atom is -0.462 e. The second kappa shape index (κ2) is 10.8. The third-order valence-corrected chi connectivity index (χ3v) is 3.44. The molecule has 0 atom stereocenters.